The highest BCUT2D eigenvalue weighted by atomic mass is 19.1. The number of fused-ring (bicyclic) bond motifs is 1. The van der Waals surface area contributed by atoms with Crippen LogP contribution in [0.5, 0.6) is 0 Å². The van der Waals surface area contributed by atoms with E-state index in [0.717, 1.165) is 17.9 Å². The third-order valence-corrected chi connectivity index (χ3v) is 2.51. The van der Waals surface area contributed by atoms with Gasteiger partial charge in [0.1, 0.15) is 5.82 Å². The van der Waals surface area contributed by atoms with Gasteiger partial charge in [0.05, 0.1) is 17.1 Å². The van der Waals surface area contributed by atoms with Crippen LogP contribution in [0.3, 0.4) is 0 Å². The average molecular weight is 180 g/mol. The molecular formula is C10H13FN2. The lowest BCUT2D eigenvalue weighted by Crippen LogP contribution is -2.20. The molecule has 0 aromatic carbocycles. The number of nitrogens with one attached hydrogen (secondary N) is 1. The van der Waals surface area contributed by atoms with Crippen LogP contribution in [-0.4, -0.2) is 11.5 Å². The van der Waals surface area contributed by atoms with Gasteiger partial charge in [-0.1, -0.05) is 13.8 Å². The van der Waals surface area contributed by atoms with Crippen LogP contribution in [0.15, 0.2) is 6.07 Å². The van der Waals surface area contributed by atoms with E-state index in [1.54, 1.807) is 6.92 Å². The Bertz CT molecular complexity index is 358. The molecule has 13 heavy (non-hydrogen) atoms. The van der Waals surface area contributed by atoms with Gasteiger partial charge in [-0.25, -0.2) is 4.39 Å². The van der Waals surface area contributed by atoms with E-state index < -0.39 is 0 Å². The van der Waals surface area contributed by atoms with Crippen LogP contribution in [-0.2, 0) is 5.41 Å². The maximum atomic E-state index is 13.1. The molecule has 0 spiro atoms. The van der Waals surface area contributed by atoms with Crippen molar-refractivity contribution < 1.29 is 4.39 Å². The summed E-state index contributed by atoms with van der Waals surface area (Å²) in [6, 6.07) is 1.53. The van der Waals surface area contributed by atoms with Gasteiger partial charge in [0, 0.05) is 18.0 Å². The summed E-state index contributed by atoms with van der Waals surface area (Å²) < 4.78 is 13.1. The summed E-state index contributed by atoms with van der Waals surface area (Å²) in [5.74, 6) is -0.232. The van der Waals surface area contributed by atoms with Crippen LogP contribution >= 0.6 is 0 Å². The SMILES string of the molecule is Cc1nc2c(cc1F)NCC2(C)C. The second-order valence-corrected chi connectivity index (χ2v) is 4.19. The third kappa shape index (κ3) is 1.19. The summed E-state index contributed by atoms with van der Waals surface area (Å²) in [6.07, 6.45) is 0. The summed E-state index contributed by atoms with van der Waals surface area (Å²) in [5, 5.41) is 3.16. The number of anilines is 1. The second-order valence-electron chi connectivity index (χ2n) is 4.19. The molecule has 2 nitrogen and oxygen atoms in total. The van der Waals surface area contributed by atoms with Gasteiger partial charge in [0.25, 0.3) is 0 Å². The lowest BCUT2D eigenvalue weighted by Gasteiger charge is -2.15. The van der Waals surface area contributed by atoms with Crippen LogP contribution in [0.4, 0.5) is 10.1 Å². The van der Waals surface area contributed by atoms with E-state index in [2.05, 4.69) is 24.1 Å². The Labute approximate surface area is 77.2 Å². The Kier molecular flexibility index (Phi) is 1.59. The molecule has 0 bridgehead atoms. The average Bonchev–Trinajstić information content (AvgIpc) is 2.31. The van der Waals surface area contributed by atoms with Gasteiger partial charge >= 0.3 is 0 Å². The molecule has 2 rings (SSSR count). The third-order valence-electron chi connectivity index (χ3n) is 2.51. The highest BCUT2D eigenvalue weighted by Gasteiger charge is 2.31. The number of aromatic nitrogens is 1. The Morgan fingerprint density at radius 2 is 2.23 bits per heavy atom. The summed E-state index contributed by atoms with van der Waals surface area (Å²) in [6.45, 7) is 6.74. The molecule has 70 valence electrons. The molecule has 3 heteroatoms. The highest BCUT2D eigenvalue weighted by Crippen LogP contribution is 2.35. The molecule has 0 amide bonds. The first-order valence-electron chi connectivity index (χ1n) is 4.42. The van der Waals surface area contributed by atoms with Gasteiger partial charge in [0.15, 0.2) is 0 Å². The van der Waals surface area contributed by atoms with E-state index in [9.17, 15) is 4.39 Å². The Balaban J connectivity index is 2.61. The van der Waals surface area contributed by atoms with Crippen molar-refractivity contribution in [1.82, 2.24) is 4.98 Å². The molecule has 0 saturated heterocycles. The molecule has 0 radical (unpaired) electrons. The minimum absolute atomic E-state index is 0.0216. The molecule has 2 heterocycles. The predicted molar refractivity (Wildman–Crippen MR) is 50.4 cm³/mol. The van der Waals surface area contributed by atoms with Crippen molar-refractivity contribution in [2.45, 2.75) is 26.2 Å². The van der Waals surface area contributed by atoms with Crippen molar-refractivity contribution >= 4 is 5.69 Å². The quantitative estimate of drug-likeness (QED) is 0.662. The summed E-state index contributed by atoms with van der Waals surface area (Å²) in [5.41, 5.74) is 2.32. The number of nitrogens with zero attached hydrogens (tertiary/aromatic N) is 1. The van der Waals surface area contributed by atoms with E-state index in [-0.39, 0.29) is 11.2 Å². The van der Waals surface area contributed by atoms with E-state index in [4.69, 9.17) is 0 Å². The van der Waals surface area contributed by atoms with Crippen molar-refractivity contribution in [3.63, 3.8) is 0 Å². The van der Waals surface area contributed by atoms with Gasteiger partial charge in [-0.15, -0.1) is 0 Å². The molecule has 1 aromatic rings. The van der Waals surface area contributed by atoms with Crippen molar-refractivity contribution in [1.29, 1.82) is 0 Å². The first kappa shape index (κ1) is 8.48. The largest absolute Gasteiger partial charge is 0.383 e. The first-order chi connectivity index (χ1) is 6.00. The van der Waals surface area contributed by atoms with Crippen molar-refractivity contribution in [2.75, 3.05) is 11.9 Å². The summed E-state index contributed by atoms with van der Waals surface area (Å²) >= 11 is 0. The molecule has 1 aliphatic heterocycles. The number of hydrogen-bond donors (Lipinski definition) is 1. The van der Waals surface area contributed by atoms with Crippen LogP contribution in [0.25, 0.3) is 0 Å². The maximum Gasteiger partial charge on any atom is 0.146 e. The molecule has 1 N–H and O–H groups in total. The van der Waals surface area contributed by atoms with Crippen molar-refractivity contribution in [3.8, 4) is 0 Å². The number of rotatable bonds is 0. The van der Waals surface area contributed by atoms with E-state index in [1.807, 2.05) is 0 Å². The Morgan fingerprint density at radius 1 is 1.54 bits per heavy atom. The van der Waals surface area contributed by atoms with Gasteiger partial charge in [-0.3, -0.25) is 4.98 Å². The topological polar surface area (TPSA) is 24.9 Å². The van der Waals surface area contributed by atoms with E-state index >= 15 is 0 Å². The van der Waals surface area contributed by atoms with Gasteiger partial charge in [0.2, 0.25) is 0 Å². The molecule has 0 fully saturated rings. The van der Waals surface area contributed by atoms with Gasteiger partial charge < -0.3 is 5.32 Å². The molecule has 0 saturated carbocycles. The second kappa shape index (κ2) is 2.44. The van der Waals surface area contributed by atoms with Gasteiger partial charge in [-0.05, 0) is 6.92 Å². The highest BCUT2D eigenvalue weighted by molar-refractivity contribution is 5.57. The number of halogens is 1. The van der Waals surface area contributed by atoms with Crippen LogP contribution < -0.4 is 5.32 Å². The standard InChI is InChI=1S/C10H13FN2/c1-6-7(11)4-8-9(13-6)10(2,3)5-12-8/h4,12H,5H2,1-3H3. The van der Waals surface area contributed by atoms with Crippen LogP contribution in [0, 0.1) is 12.7 Å². The van der Waals surface area contributed by atoms with Crippen molar-refractivity contribution in [2.24, 2.45) is 0 Å². The van der Waals surface area contributed by atoms with Crippen molar-refractivity contribution in [3.05, 3.63) is 23.3 Å². The minimum Gasteiger partial charge on any atom is -0.383 e. The predicted octanol–water partition coefficient (Wildman–Crippen LogP) is 2.23. The minimum atomic E-state index is -0.232. The number of aryl methyl sites for hydroxylation is 1. The maximum absolute atomic E-state index is 13.1. The summed E-state index contributed by atoms with van der Waals surface area (Å²) in [7, 11) is 0. The zero-order valence-electron chi connectivity index (χ0n) is 8.11. The number of pyridine rings is 1. The lowest BCUT2D eigenvalue weighted by molar-refractivity contribution is 0.558. The first-order valence-corrected chi connectivity index (χ1v) is 4.42. The number of hydrogen-bond acceptors (Lipinski definition) is 2. The zero-order chi connectivity index (χ0) is 9.64. The van der Waals surface area contributed by atoms with E-state index in [1.165, 1.54) is 6.07 Å². The fraction of sp³-hybridized carbons (Fsp3) is 0.500. The Morgan fingerprint density at radius 3 is 2.92 bits per heavy atom. The zero-order valence-corrected chi connectivity index (χ0v) is 8.11. The van der Waals surface area contributed by atoms with Crippen LogP contribution in [0.1, 0.15) is 25.2 Å². The molecular weight excluding hydrogens is 167 g/mol. The molecule has 0 atom stereocenters. The molecule has 0 aliphatic carbocycles. The van der Waals surface area contributed by atoms with Crippen LogP contribution in [0.2, 0.25) is 0 Å². The summed E-state index contributed by atoms with van der Waals surface area (Å²) in [4.78, 5) is 4.27. The Hall–Kier alpha value is -1.12. The lowest BCUT2D eigenvalue weighted by atomic mass is 9.91. The smallest absolute Gasteiger partial charge is 0.146 e. The molecule has 1 aromatic heterocycles. The van der Waals surface area contributed by atoms with E-state index in [0.29, 0.717) is 5.69 Å². The fourth-order valence-electron chi connectivity index (χ4n) is 1.63. The fourth-order valence-corrected chi connectivity index (χ4v) is 1.63. The monoisotopic (exact) mass is 180 g/mol. The molecule has 0 unspecified atom stereocenters. The van der Waals surface area contributed by atoms with Gasteiger partial charge in [-0.2, -0.15) is 0 Å². The normalized spacial score (nSPS) is 18.2. The molecule has 1 aliphatic rings.